The number of halogens is 2. The zero-order valence-electron chi connectivity index (χ0n) is 14.7. The Morgan fingerprint density at radius 1 is 1.35 bits per heavy atom. The Labute approximate surface area is 165 Å². The second kappa shape index (κ2) is 10.5. The maximum atomic E-state index is 12.9. The monoisotopic (exact) mass is 401 g/mol. The second-order valence-electron chi connectivity index (χ2n) is 6.21. The third-order valence-electron chi connectivity index (χ3n) is 4.46. The molecule has 2 aromatic rings. The predicted molar refractivity (Wildman–Crippen MR) is 105 cm³/mol. The maximum Gasteiger partial charge on any atom is 0.233 e. The molecule has 0 spiro atoms. The number of carbonyl (C=O) groups is 1. The number of anilines is 1. The number of amides is 1. The molecule has 144 valence electrons. The van der Waals surface area contributed by atoms with Crippen molar-refractivity contribution in [2.45, 2.75) is 19.4 Å². The summed E-state index contributed by atoms with van der Waals surface area (Å²) in [7, 11) is 1.65. The Balaban J connectivity index is 0.00000169. The van der Waals surface area contributed by atoms with Gasteiger partial charge in [0.15, 0.2) is 0 Å². The highest BCUT2D eigenvalue weighted by Crippen LogP contribution is 2.31. The SMILES string of the molecule is COCC1(C(=O)Nc2cccc(Cn3cncn3)c2)CCNCC1.Cl.Cl. The van der Waals surface area contributed by atoms with Crippen LogP contribution in [0.1, 0.15) is 18.4 Å². The Hall–Kier alpha value is -1.67. The van der Waals surface area contributed by atoms with Gasteiger partial charge in [0, 0.05) is 12.8 Å². The number of ether oxygens (including phenoxy) is 1. The minimum atomic E-state index is -0.456. The van der Waals surface area contributed by atoms with E-state index < -0.39 is 5.41 Å². The van der Waals surface area contributed by atoms with E-state index in [1.54, 1.807) is 18.1 Å². The normalized spacial score (nSPS) is 15.4. The summed E-state index contributed by atoms with van der Waals surface area (Å²) in [4.78, 5) is 16.8. The highest BCUT2D eigenvalue weighted by Gasteiger charge is 2.39. The van der Waals surface area contributed by atoms with Gasteiger partial charge in [-0.15, -0.1) is 24.8 Å². The zero-order chi connectivity index (χ0) is 16.8. The van der Waals surface area contributed by atoms with Gasteiger partial charge in [-0.25, -0.2) is 9.67 Å². The van der Waals surface area contributed by atoms with Gasteiger partial charge in [-0.3, -0.25) is 4.79 Å². The van der Waals surface area contributed by atoms with Crippen LogP contribution in [0.2, 0.25) is 0 Å². The topological polar surface area (TPSA) is 81.1 Å². The van der Waals surface area contributed by atoms with Gasteiger partial charge in [0.2, 0.25) is 5.91 Å². The van der Waals surface area contributed by atoms with E-state index in [1.807, 2.05) is 24.3 Å². The zero-order valence-corrected chi connectivity index (χ0v) is 16.3. The van der Waals surface area contributed by atoms with Crippen molar-refractivity contribution in [2.24, 2.45) is 5.41 Å². The number of hydrogen-bond donors (Lipinski definition) is 2. The number of hydrogen-bond acceptors (Lipinski definition) is 5. The lowest BCUT2D eigenvalue weighted by Gasteiger charge is -2.35. The number of nitrogens with one attached hydrogen (secondary N) is 2. The first-order valence-corrected chi connectivity index (χ1v) is 8.14. The molecule has 1 aliphatic heterocycles. The van der Waals surface area contributed by atoms with Gasteiger partial charge >= 0.3 is 0 Å². The second-order valence-corrected chi connectivity index (χ2v) is 6.21. The molecule has 0 saturated carbocycles. The molecular weight excluding hydrogens is 377 g/mol. The molecule has 3 rings (SSSR count). The average Bonchev–Trinajstić information content (AvgIpc) is 3.09. The van der Waals surface area contributed by atoms with E-state index in [4.69, 9.17) is 4.74 Å². The van der Waals surface area contributed by atoms with Crippen molar-refractivity contribution in [3.8, 4) is 0 Å². The quantitative estimate of drug-likeness (QED) is 0.774. The Bertz CT molecular complexity index is 670. The average molecular weight is 402 g/mol. The van der Waals surface area contributed by atoms with Crippen LogP contribution < -0.4 is 10.6 Å². The number of piperidine rings is 1. The summed E-state index contributed by atoms with van der Waals surface area (Å²) in [6, 6.07) is 7.82. The molecular formula is C17H25Cl2N5O2. The number of nitrogens with zero attached hydrogens (tertiary/aromatic N) is 3. The summed E-state index contributed by atoms with van der Waals surface area (Å²) >= 11 is 0. The van der Waals surface area contributed by atoms with Gasteiger partial charge in [0.25, 0.3) is 0 Å². The van der Waals surface area contributed by atoms with Crippen LogP contribution in [0.25, 0.3) is 0 Å². The summed E-state index contributed by atoms with van der Waals surface area (Å²) in [5.74, 6) is 0.0313. The van der Waals surface area contributed by atoms with E-state index in [9.17, 15) is 4.79 Å². The van der Waals surface area contributed by atoms with Gasteiger partial charge in [-0.05, 0) is 43.6 Å². The number of rotatable bonds is 6. The highest BCUT2D eigenvalue weighted by atomic mass is 35.5. The fourth-order valence-electron chi connectivity index (χ4n) is 3.13. The van der Waals surface area contributed by atoms with Crippen LogP contribution in [0.5, 0.6) is 0 Å². The van der Waals surface area contributed by atoms with Gasteiger partial charge < -0.3 is 15.4 Å². The van der Waals surface area contributed by atoms with Crippen LogP contribution in [-0.2, 0) is 16.1 Å². The Kier molecular flexibility index (Phi) is 9.01. The summed E-state index contributed by atoms with van der Waals surface area (Å²) < 4.78 is 7.08. The Morgan fingerprint density at radius 2 is 2.12 bits per heavy atom. The lowest BCUT2D eigenvalue weighted by Crippen LogP contribution is -2.47. The van der Waals surface area contributed by atoms with Crippen molar-refractivity contribution in [1.82, 2.24) is 20.1 Å². The first-order valence-electron chi connectivity index (χ1n) is 8.14. The molecule has 0 aliphatic carbocycles. The van der Waals surface area contributed by atoms with E-state index in [0.29, 0.717) is 13.2 Å². The summed E-state index contributed by atoms with van der Waals surface area (Å²) in [5.41, 5.74) is 1.40. The van der Waals surface area contributed by atoms with Crippen LogP contribution in [0, 0.1) is 5.41 Å². The molecule has 1 amide bonds. The first-order chi connectivity index (χ1) is 11.7. The van der Waals surface area contributed by atoms with Gasteiger partial charge in [-0.1, -0.05) is 12.1 Å². The molecule has 9 heteroatoms. The molecule has 0 unspecified atom stereocenters. The molecule has 2 N–H and O–H groups in total. The van der Waals surface area contributed by atoms with Crippen LogP contribution in [0.15, 0.2) is 36.9 Å². The molecule has 26 heavy (non-hydrogen) atoms. The van der Waals surface area contributed by atoms with Crippen LogP contribution in [0.4, 0.5) is 5.69 Å². The third-order valence-corrected chi connectivity index (χ3v) is 4.46. The predicted octanol–water partition coefficient (Wildman–Crippen LogP) is 2.12. The van der Waals surface area contributed by atoms with Crippen LogP contribution in [0.3, 0.4) is 0 Å². The number of benzene rings is 1. The summed E-state index contributed by atoms with van der Waals surface area (Å²) in [6.45, 7) is 2.74. The lowest BCUT2D eigenvalue weighted by molar-refractivity contribution is -0.130. The molecule has 0 atom stereocenters. The minimum absolute atomic E-state index is 0. The van der Waals surface area contributed by atoms with Crippen LogP contribution >= 0.6 is 24.8 Å². The standard InChI is InChI=1S/C17H23N5O2.2ClH/c1-24-11-17(5-7-18-8-6-17)16(23)21-15-4-2-3-14(9-15)10-22-13-19-12-20-22;;/h2-4,9,12-13,18H,5-8,10-11H2,1H3,(H,21,23);2*1H. The van der Waals surface area contributed by atoms with Crippen molar-refractivity contribution < 1.29 is 9.53 Å². The molecule has 1 fully saturated rings. The van der Waals surface area contributed by atoms with Gasteiger partial charge in [0.05, 0.1) is 18.6 Å². The van der Waals surface area contributed by atoms with Crippen molar-refractivity contribution in [2.75, 3.05) is 32.1 Å². The summed E-state index contributed by atoms with van der Waals surface area (Å²) in [6.07, 6.45) is 4.75. The van der Waals surface area contributed by atoms with Crippen LogP contribution in [-0.4, -0.2) is 47.5 Å². The van der Waals surface area contributed by atoms with E-state index >= 15 is 0 Å². The van der Waals surface area contributed by atoms with Crippen molar-refractivity contribution in [1.29, 1.82) is 0 Å². The number of aromatic nitrogens is 3. The molecule has 0 radical (unpaired) electrons. The van der Waals surface area contributed by atoms with Crippen molar-refractivity contribution in [3.63, 3.8) is 0 Å². The molecule has 1 aliphatic rings. The molecule has 1 aromatic carbocycles. The largest absolute Gasteiger partial charge is 0.384 e. The number of methoxy groups -OCH3 is 1. The maximum absolute atomic E-state index is 12.9. The molecule has 0 bridgehead atoms. The number of carbonyl (C=O) groups excluding carboxylic acids is 1. The van der Waals surface area contributed by atoms with Gasteiger partial charge in [0.1, 0.15) is 12.7 Å². The third kappa shape index (κ3) is 5.41. The Morgan fingerprint density at radius 3 is 2.77 bits per heavy atom. The smallest absolute Gasteiger partial charge is 0.233 e. The van der Waals surface area contributed by atoms with Gasteiger partial charge in [-0.2, -0.15) is 5.10 Å². The fraction of sp³-hybridized carbons (Fsp3) is 0.471. The lowest BCUT2D eigenvalue weighted by atomic mass is 9.78. The van der Waals surface area contributed by atoms with Crippen molar-refractivity contribution in [3.05, 3.63) is 42.5 Å². The van der Waals surface area contributed by atoms with E-state index in [-0.39, 0.29) is 30.7 Å². The van der Waals surface area contributed by atoms with Crippen molar-refractivity contribution >= 4 is 36.4 Å². The summed E-state index contributed by atoms with van der Waals surface area (Å²) in [5, 5.41) is 10.5. The molecule has 7 nitrogen and oxygen atoms in total. The first kappa shape index (κ1) is 22.4. The van der Waals surface area contributed by atoms with E-state index in [1.165, 1.54) is 6.33 Å². The fourth-order valence-corrected chi connectivity index (χ4v) is 3.13. The molecule has 1 aromatic heterocycles. The highest BCUT2D eigenvalue weighted by molar-refractivity contribution is 5.95. The molecule has 1 saturated heterocycles. The molecule has 2 heterocycles. The van der Waals surface area contributed by atoms with E-state index in [0.717, 1.165) is 37.2 Å². The van der Waals surface area contributed by atoms with E-state index in [2.05, 4.69) is 20.7 Å². The minimum Gasteiger partial charge on any atom is -0.384 e.